The Morgan fingerprint density at radius 2 is 2.29 bits per heavy atom. The molecule has 0 aliphatic rings. The molecule has 1 unspecified atom stereocenters. The minimum absolute atomic E-state index is 0.0957. The molecule has 0 saturated carbocycles. The molecule has 0 radical (unpaired) electrons. The summed E-state index contributed by atoms with van der Waals surface area (Å²) < 4.78 is 0.500. The SMILES string of the molecule is CC(CO)CSCc1ccc(Br)c([N+](=O)[O-])c1. The number of hydrogen-bond donors (Lipinski definition) is 1. The molecular weight excluding hydrogens is 306 g/mol. The van der Waals surface area contributed by atoms with Crippen molar-refractivity contribution in [2.45, 2.75) is 12.7 Å². The lowest BCUT2D eigenvalue weighted by Gasteiger charge is -2.07. The van der Waals surface area contributed by atoms with Crippen molar-refractivity contribution < 1.29 is 10.0 Å². The quantitative estimate of drug-likeness (QED) is 0.646. The third-order valence-electron chi connectivity index (χ3n) is 2.19. The minimum atomic E-state index is -0.394. The molecule has 1 N–H and O–H groups in total. The van der Waals surface area contributed by atoms with E-state index >= 15 is 0 Å². The number of nitrogens with zero attached hydrogens (tertiary/aromatic N) is 1. The summed E-state index contributed by atoms with van der Waals surface area (Å²) in [6, 6.07) is 5.15. The smallest absolute Gasteiger partial charge is 0.283 e. The third kappa shape index (κ3) is 4.65. The maximum absolute atomic E-state index is 10.7. The van der Waals surface area contributed by atoms with Crippen LogP contribution in [-0.4, -0.2) is 22.4 Å². The number of thioether (sulfide) groups is 1. The Morgan fingerprint density at radius 3 is 2.88 bits per heavy atom. The summed E-state index contributed by atoms with van der Waals surface area (Å²) in [6.45, 7) is 2.14. The van der Waals surface area contributed by atoms with Crippen LogP contribution in [-0.2, 0) is 5.75 Å². The lowest BCUT2D eigenvalue weighted by Crippen LogP contribution is -2.03. The highest BCUT2D eigenvalue weighted by molar-refractivity contribution is 9.10. The lowest BCUT2D eigenvalue weighted by molar-refractivity contribution is -0.385. The second kappa shape index (κ2) is 6.98. The van der Waals surface area contributed by atoms with Crippen LogP contribution in [0, 0.1) is 16.0 Å². The van der Waals surface area contributed by atoms with Gasteiger partial charge in [0, 0.05) is 18.4 Å². The van der Waals surface area contributed by atoms with Crippen molar-refractivity contribution >= 4 is 33.4 Å². The fourth-order valence-corrected chi connectivity index (χ4v) is 2.65. The topological polar surface area (TPSA) is 63.4 Å². The molecule has 4 nitrogen and oxygen atoms in total. The van der Waals surface area contributed by atoms with Crippen LogP contribution >= 0.6 is 27.7 Å². The van der Waals surface area contributed by atoms with Crippen molar-refractivity contribution in [2.24, 2.45) is 5.92 Å². The van der Waals surface area contributed by atoms with Gasteiger partial charge in [-0.25, -0.2) is 0 Å². The average Bonchev–Trinajstić information content (AvgIpc) is 2.30. The van der Waals surface area contributed by atoms with Crippen molar-refractivity contribution in [1.82, 2.24) is 0 Å². The molecule has 0 saturated heterocycles. The normalized spacial score (nSPS) is 12.4. The van der Waals surface area contributed by atoms with Crippen LogP contribution in [0.3, 0.4) is 0 Å². The van der Waals surface area contributed by atoms with E-state index in [1.54, 1.807) is 23.9 Å². The van der Waals surface area contributed by atoms with Gasteiger partial charge in [-0.1, -0.05) is 13.0 Å². The van der Waals surface area contributed by atoms with Crippen LogP contribution in [0.25, 0.3) is 0 Å². The van der Waals surface area contributed by atoms with E-state index in [4.69, 9.17) is 5.11 Å². The molecule has 6 heteroatoms. The zero-order chi connectivity index (χ0) is 12.8. The molecule has 17 heavy (non-hydrogen) atoms. The standard InChI is InChI=1S/C11H14BrNO3S/c1-8(5-14)6-17-7-9-2-3-10(12)11(4-9)13(15)16/h2-4,8,14H,5-7H2,1H3. The summed E-state index contributed by atoms with van der Waals surface area (Å²) in [6.07, 6.45) is 0. The third-order valence-corrected chi connectivity index (χ3v) is 4.20. The Balaban J connectivity index is 2.60. The zero-order valence-electron chi connectivity index (χ0n) is 9.43. The van der Waals surface area contributed by atoms with E-state index in [1.807, 2.05) is 13.0 Å². The summed E-state index contributed by atoms with van der Waals surface area (Å²) in [4.78, 5) is 10.3. The van der Waals surface area contributed by atoms with Crippen molar-refractivity contribution in [2.75, 3.05) is 12.4 Å². The molecule has 94 valence electrons. The Hall–Kier alpha value is -0.590. The number of nitro groups is 1. The number of aliphatic hydroxyl groups is 1. The van der Waals surface area contributed by atoms with Crippen molar-refractivity contribution in [3.8, 4) is 0 Å². The molecule has 0 amide bonds. The summed E-state index contributed by atoms with van der Waals surface area (Å²) in [5.74, 6) is 1.82. The van der Waals surface area contributed by atoms with Gasteiger partial charge in [-0.05, 0) is 39.2 Å². The molecule has 1 aromatic carbocycles. The van der Waals surface area contributed by atoms with Gasteiger partial charge in [-0.15, -0.1) is 0 Å². The fourth-order valence-electron chi connectivity index (χ4n) is 1.22. The zero-order valence-corrected chi connectivity index (χ0v) is 11.8. The molecule has 0 fully saturated rings. The van der Waals surface area contributed by atoms with Gasteiger partial charge in [0.1, 0.15) is 0 Å². The highest BCUT2D eigenvalue weighted by Gasteiger charge is 2.12. The Labute approximate surface area is 113 Å². The second-order valence-corrected chi connectivity index (χ2v) is 5.73. The highest BCUT2D eigenvalue weighted by Crippen LogP contribution is 2.27. The van der Waals surface area contributed by atoms with Crippen LogP contribution in [0.1, 0.15) is 12.5 Å². The summed E-state index contributed by atoms with van der Waals surface area (Å²) in [5, 5.41) is 19.6. The van der Waals surface area contributed by atoms with E-state index in [1.165, 1.54) is 0 Å². The van der Waals surface area contributed by atoms with Crippen LogP contribution in [0.4, 0.5) is 5.69 Å². The molecule has 1 aromatic rings. The Kier molecular flexibility index (Phi) is 5.94. The molecule has 0 aromatic heterocycles. The van der Waals surface area contributed by atoms with Crippen LogP contribution in [0.15, 0.2) is 22.7 Å². The Morgan fingerprint density at radius 1 is 1.59 bits per heavy atom. The van der Waals surface area contributed by atoms with E-state index in [9.17, 15) is 10.1 Å². The fraction of sp³-hybridized carbons (Fsp3) is 0.455. The predicted octanol–water partition coefficient (Wildman–Crippen LogP) is 3.22. The van der Waals surface area contributed by atoms with Crippen LogP contribution in [0.5, 0.6) is 0 Å². The number of rotatable bonds is 6. The van der Waals surface area contributed by atoms with Gasteiger partial charge in [-0.3, -0.25) is 10.1 Å². The van der Waals surface area contributed by atoms with Gasteiger partial charge < -0.3 is 5.11 Å². The number of hydrogen-bond acceptors (Lipinski definition) is 4. The molecule has 1 atom stereocenters. The number of aliphatic hydroxyl groups excluding tert-OH is 1. The van der Waals surface area contributed by atoms with Gasteiger partial charge in [0.15, 0.2) is 0 Å². The predicted molar refractivity (Wildman–Crippen MR) is 73.2 cm³/mol. The number of nitro benzene ring substituents is 1. The molecule has 0 bridgehead atoms. The molecular formula is C11H14BrNO3S. The monoisotopic (exact) mass is 319 g/mol. The van der Waals surface area contributed by atoms with Crippen molar-refractivity contribution in [3.63, 3.8) is 0 Å². The van der Waals surface area contributed by atoms with Crippen molar-refractivity contribution in [3.05, 3.63) is 38.3 Å². The minimum Gasteiger partial charge on any atom is -0.396 e. The highest BCUT2D eigenvalue weighted by atomic mass is 79.9. The summed E-state index contributed by atoms with van der Waals surface area (Å²) in [5.41, 5.74) is 1.02. The average molecular weight is 320 g/mol. The second-order valence-electron chi connectivity index (χ2n) is 3.85. The molecule has 1 rings (SSSR count). The first-order valence-electron chi connectivity index (χ1n) is 5.16. The van der Waals surface area contributed by atoms with Crippen LogP contribution in [0.2, 0.25) is 0 Å². The van der Waals surface area contributed by atoms with E-state index in [-0.39, 0.29) is 18.2 Å². The first-order valence-corrected chi connectivity index (χ1v) is 7.10. The van der Waals surface area contributed by atoms with Gasteiger partial charge in [0.05, 0.1) is 9.40 Å². The number of halogens is 1. The molecule has 0 heterocycles. The van der Waals surface area contributed by atoms with E-state index in [0.29, 0.717) is 4.47 Å². The van der Waals surface area contributed by atoms with Gasteiger partial charge in [-0.2, -0.15) is 11.8 Å². The maximum Gasteiger partial charge on any atom is 0.283 e. The molecule has 0 aliphatic heterocycles. The number of benzene rings is 1. The lowest BCUT2D eigenvalue weighted by atomic mass is 10.2. The largest absolute Gasteiger partial charge is 0.396 e. The van der Waals surface area contributed by atoms with E-state index in [2.05, 4.69) is 15.9 Å². The van der Waals surface area contributed by atoms with Crippen molar-refractivity contribution in [1.29, 1.82) is 0 Å². The maximum atomic E-state index is 10.7. The molecule has 0 spiro atoms. The van der Waals surface area contributed by atoms with E-state index < -0.39 is 4.92 Å². The first kappa shape index (κ1) is 14.5. The van der Waals surface area contributed by atoms with E-state index in [0.717, 1.165) is 17.1 Å². The molecule has 0 aliphatic carbocycles. The first-order chi connectivity index (χ1) is 8.04. The van der Waals surface area contributed by atoms with Crippen LogP contribution < -0.4 is 0 Å². The Bertz CT molecular complexity index is 400. The summed E-state index contributed by atoms with van der Waals surface area (Å²) in [7, 11) is 0. The van der Waals surface area contributed by atoms with Gasteiger partial charge in [0.2, 0.25) is 0 Å². The summed E-state index contributed by atoms with van der Waals surface area (Å²) >= 11 is 4.82. The van der Waals surface area contributed by atoms with Gasteiger partial charge in [0.25, 0.3) is 5.69 Å². The van der Waals surface area contributed by atoms with Gasteiger partial charge >= 0.3 is 0 Å².